The monoisotopic (exact) mass is 392 g/mol. The lowest BCUT2D eigenvalue weighted by Gasteiger charge is -2.21. The van der Waals surface area contributed by atoms with Gasteiger partial charge in [0, 0.05) is 43.7 Å². The zero-order valence-electron chi connectivity index (χ0n) is 15.3. The van der Waals surface area contributed by atoms with Gasteiger partial charge in [-0.1, -0.05) is 18.9 Å². The highest BCUT2D eigenvalue weighted by molar-refractivity contribution is 5.58. The number of nitrogens with zero attached hydrogens (tertiary/aromatic N) is 3. The normalized spacial score (nSPS) is 14.6. The van der Waals surface area contributed by atoms with E-state index < -0.39 is 23.0 Å². The van der Waals surface area contributed by atoms with Crippen LogP contribution in [-0.2, 0) is 6.54 Å². The number of benzene rings is 1. The van der Waals surface area contributed by atoms with Gasteiger partial charge in [0.05, 0.1) is 4.92 Å². The first-order chi connectivity index (χ1) is 13.5. The number of nitro benzene ring substituents is 1. The second kappa shape index (κ2) is 9.29. The molecular formula is C19H22F2N4O3. The minimum absolute atomic E-state index is 0.402. The molecule has 1 aromatic carbocycles. The Morgan fingerprint density at radius 1 is 1.18 bits per heavy atom. The van der Waals surface area contributed by atoms with E-state index in [1.54, 1.807) is 6.20 Å². The van der Waals surface area contributed by atoms with Gasteiger partial charge in [-0.05, 0) is 30.5 Å². The van der Waals surface area contributed by atoms with Gasteiger partial charge in [0.15, 0.2) is 0 Å². The minimum atomic E-state index is -3.13. The average Bonchev–Trinajstić information content (AvgIpc) is 2.96. The molecule has 1 aromatic heterocycles. The predicted octanol–water partition coefficient (Wildman–Crippen LogP) is 4.58. The summed E-state index contributed by atoms with van der Waals surface area (Å²) in [7, 11) is 0. The third kappa shape index (κ3) is 5.28. The van der Waals surface area contributed by atoms with Crippen molar-refractivity contribution in [1.29, 1.82) is 0 Å². The molecule has 2 heterocycles. The van der Waals surface area contributed by atoms with Gasteiger partial charge in [0.1, 0.15) is 5.82 Å². The van der Waals surface area contributed by atoms with Crippen molar-refractivity contribution < 1.29 is 18.4 Å². The number of rotatable bonds is 7. The number of halogens is 2. The van der Waals surface area contributed by atoms with Crippen molar-refractivity contribution in [3.63, 3.8) is 0 Å². The van der Waals surface area contributed by atoms with Crippen LogP contribution >= 0.6 is 0 Å². The molecule has 0 saturated carbocycles. The number of hydrogen-bond acceptors (Lipinski definition) is 6. The molecule has 0 unspecified atom stereocenters. The Morgan fingerprint density at radius 2 is 1.93 bits per heavy atom. The van der Waals surface area contributed by atoms with E-state index in [2.05, 4.69) is 19.9 Å². The summed E-state index contributed by atoms with van der Waals surface area (Å²) in [6.45, 7) is -0.704. The Balaban J connectivity index is 1.64. The second-order valence-electron chi connectivity index (χ2n) is 6.60. The highest BCUT2D eigenvalue weighted by Gasteiger charge is 2.19. The van der Waals surface area contributed by atoms with E-state index in [-0.39, 0.29) is 0 Å². The Bertz CT molecular complexity index is 794. The number of alkyl halides is 2. The molecule has 0 amide bonds. The summed E-state index contributed by atoms with van der Waals surface area (Å²) in [5, 5.41) is 14.0. The molecule has 7 nitrogen and oxygen atoms in total. The molecule has 150 valence electrons. The third-order valence-electron chi connectivity index (χ3n) is 4.61. The van der Waals surface area contributed by atoms with E-state index >= 15 is 0 Å². The molecule has 2 aromatic rings. The molecule has 1 saturated heterocycles. The van der Waals surface area contributed by atoms with E-state index in [0.717, 1.165) is 30.5 Å². The van der Waals surface area contributed by atoms with Gasteiger partial charge in [0.25, 0.3) is 0 Å². The standard InChI is InChI=1S/C19H22F2N4O3/c20-19(21)28-17-11-15(6-7-16(17)25(26)27)22-12-14-5-8-18(23-13-14)24-9-3-1-2-4-10-24/h5-8,11,13,19,22H,1-4,9-10,12H2. The number of nitrogens with one attached hydrogen (secondary N) is 1. The number of hydrogen-bond donors (Lipinski definition) is 1. The number of aromatic nitrogens is 1. The average molecular weight is 392 g/mol. The molecule has 3 rings (SSSR count). The van der Waals surface area contributed by atoms with Crippen molar-refractivity contribution in [2.24, 2.45) is 0 Å². The van der Waals surface area contributed by atoms with Gasteiger partial charge in [-0.3, -0.25) is 10.1 Å². The lowest BCUT2D eigenvalue weighted by Crippen LogP contribution is -2.24. The first-order valence-electron chi connectivity index (χ1n) is 9.20. The maximum atomic E-state index is 12.5. The topological polar surface area (TPSA) is 80.5 Å². The number of pyridine rings is 1. The first kappa shape index (κ1) is 19.8. The van der Waals surface area contributed by atoms with E-state index in [1.165, 1.54) is 37.8 Å². The van der Waals surface area contributed by atoms with E-state index in [9.17, 15) is 18.9 Å². The summed E-state index contributed by atoms with van der Waals surface area (Å²) in [6, 6.07) is 7.73. The fourth-order valence-corrected chi connectivity index (χ4v) is 3.18. The molecular weight excluding hydrogens is 370 g/mol. The third-order valence-corrected chi connectivity index (χ3v) is 4.61. The van der Waals surface area contributed by atoms with Gasteiger partial charge < -0.3 is 15.0 Å². The zero-order chi connectivity index (χ0) is 19.9. The molecule has 1 aliphatic rings. The molecule has 0 aliphatic carbocycles. The highest BCUT2D eigenvalue weighted by Crippen LogP contribution is 2.31. The predicted molar refractivity (Wildman–Crippen MR) is 102 cm³/mol. The van der Waals surface area contributed by atoms with Crippen molar-refractivity contribution in [3.8, 4) is 5.75 Å². The molecule has 1 fully saturated rings. The minimum Gasteiger partial charge on any atom is -0.427 e. The Morgan fingerprint density at radius 3 is 2.54 bits per heavy atom. The Labute approximate surface area is 161 Å². The van der Waals surface area contributed by atoms with Crippen LogP contribution in [0.1, 0.15) is 31.2 Å². The van der Waals surface area contributed by atoms with Crippen LogP contribution in [0.5, 0.6) is 5.75 Å². The summed E-state index contributed by atoms with van der Waals surface area (Å²) in [4.78, 5) is 17.0. The summed E-state index contributed by atoms with van der Waals surface area (Å²) >= 11 is 0. The smallest absolute Gasteiger partial charge is 0.387 e. The molecule has 0 spiro atoms. The largest absolute Gasteiger partial charge is 0.427 e. The highest BCUT2D eigenvalue weighted by atomic mass is 19.3. The quantitative estimate of drug-likeness (QED) is 0.549. The first-order valence-corrected chi connectivity index (χ1v) is 9.20. The number of ether oxygens (including phenoxy) is 1. The van der Waals surface area contributed by atoms with Crippen molar-refractivity contribution in [2.75, 3.05) is 23.3 Å². The summed E-state index contributed by atoms with van der Waals surface area (Å²) in [5.74, 6) is 0.480. The van der Waals surface area contributed by atoms with Crippen LogP contribution in [-0.4, -0.2) is 29.6 Å². The fraction of sp³-hybridized carbons (Fsp3) is 0.421. The van der Waals surface area contributed by atoms with Crippen LogP contribution in [0.3, 0.4) is 0 Å². The van der Waals surface area contributed by atoms with Gasteiger partial charge >= 0.3 is 12.3 Å². The lowest BCUT2D eigenvalue weighted by atomic mass is 10.2. The van der Waals surface area contributed by atoms with Crippen LogP contribution in [0.15, 0.2) is 36.5 Å². The molecule has 0 radical (unpaired) electrons. The fourth-order valence-electron chi connectivity index (χ4n) is 3.18. The van der Waals surface area contributed by atoms with Crippen LogP contribution in [0.4, 0.5) is 26.0 Å². The molecule has 28 heavy (non-hydrogen) atoms. The second-order valence-corrected chi connectivity index (χ2v) is 6.60. The lowest BCUT2D eigenvalue weighted by molar-refractivity contribution is -0.386. The van der Waals surface area contributed by atoms with Crippen molar-refractivity contribution in [1.82, 2.24) is 4.98 Å². The van der Waals surface area contributed by atoms with Crippen molar-refractivity contribution in [2.45, 2.75) is 38.8 Å². The van der Waals surface area contributed by atoms with Crippen LogP contribution in [0, 0.1) is 10.1 Å². The van der Waals surface area contributed by atoms with Crippen LogP contribution < -0.4 is 15.0 Å². The summed E-state index contributed by atoms with van der Waals surface area (Å²) < 4.78 is 29.2. The van der Waals surface area contributed by atoms with E-state index in [1.807, 2.05) is 12.1 Å². The Kier molecular flexibility index (Phi) is 6.57. The maximum Gasteiger partial charge on any atom is 0.387 e. The molecule has 1 aliphatic heterocycles. The van der Waals surface area contributed by atoms with Crippen LogP contribution in [0.2, 0.25) is 0 Å². The van der Waals surface area contributed by atoms with Crippen molar-refractivity contribution >= 4 is 17.2 Å². The van der Waals surface area contributed by atoms with Gasteiger partial charge in [0.2, 0.25) is 5.75 Å². The number of nitro groups is 1. The maximum absolute atomic E-state index is 12.5. The van der Waals surface area contributed by atoms with Crippen LogP contribution in [0.25, 0.3) is 0 Å². The van der Waals surface area contributed by atoms with Gasteiger partial charge in [-0.25, -0.2) is 4.98 Å². The van der Waals surface area contributed by atoms with Crippen molar-refractivity contribution in [3.05, 3.63) is 52.2 Å². The number of anilines is 2. The van der Waals surface area contributed by atoms with Gasteiger partial charge in [-0.2, -0.15) is 8.78 Å². The van der Waals surface area contributed by atoms with E-state index in [0.29, 0.717) is 12.2 Å². The SMILES string of the molecule is O=[N+]([O-])c1ccc(NCc2ccc(N3CCCCCC3)nc2)cc1OC(F)F. The molecule has 0 bridgehead atoms. The molecule has 9 heteroatoms. The Hall–Kier alpha value is -2.97. The summed E-state index contributed by atoms with van der Waals surface area (Å²) in [6.07, 6.45) is 6.63. The molecule has 1 N–H and O–H groups in total. The van der Waals surface area contributed by atoms with Gasteiger partial charge in [-0.15, -0.1) is 0 Å². The molecule has 0 atom stereocenters. The zero-order valence-corrected chi connectivity index (χ0v) is 15.3. The summed E-state index contributed by atoms with van der Waals surface area (Å²) in [5.41, 5.74) is 0.848. The van der Waals surface area contributed by atoms with E-state index in [4.69, 9.17) is 0 Å².